The number of nitrogens with zero attached hydrogens (tertiary/aromatic N) is 4. The summed E-state index contributed by atoms with van der Waals surface area (Å²) in [5, 5.41) is 19.9. The highest BCUT2D eigenvalue weighted by Gasteiger charge is 2.07. The monoisotopic (exact) mass is 290 g/mol. The van der Waals surface area contributed by atoms with E-state index in [0.717, 1.165) is 12.2 Å². The van der Waals surface area contributed by atoms with Crippen LogP contribution in [-0.2, 0) is 24.4 Å². The molecule has 0 atom stereocenters. The molecule has 1 aromatic heterocycles. The second kappa shape index (κ2) is 7.37. The third-order valence-electron chi connectivity index (χ3n) is 3.07. The predicted molar refractivity (Wildman–Crippen MR) is 74.8 cm³/mol. The van der Waals surface area contributed by atoms with Crippen molar-refractivity contribution in [3.8, 4) is 5.75 Å². The molecule has 0 fully saturated rings. The van der Waals surface area contributed by atoms with Crippen LogP contribution in [0.1, 0.15) is 31.2 Å². The molecule has 0 aliphatic heterocycles. The third kappa shape index (κ3) is 4.55. The molecule has 112 valence electrons. The van der Waals surface area contributed by atoms with Gasteiger partial charge in [0.1, 0.15) is 12.4 Å². The quantitative estimate of drug-likeness (QED) is 0.795. The third-order valence-corrected chi connectivity index (χ3v) is 3.07. The van der Waals surface area contributed by atoms with E-state index in [0.29, 0.717) is 18.8 Å². The zero-order valence-electron chi connectivity index (χ0n) is 11.9. The Hall–Kier alpha value is -2.44. The number of aryl methyl sites for hydroxylation is 2. The number of hydrogen-bond donors (Lipinski definition) is 1. The summed E-state index contributed by atoms with van der Waals surface area (Å²) in [6, 6.07) is 7.87. The van der Waals surface area contributed by atoms with E-state index in [2.05, 4.69) is 22.4 Å². The number of carbonyl (C=O) groups is 1. The van der Waals surface area contributed by atoms with E-state index in [4.69, 9.17) is 9.84 Å². The van der Waals surface area contributed by atoms with Crippen molar-refractivity contribution in [2.45, 2.75) is 39.3 Å². The molecular formula is C14H18N4O3. The first-order chi connectivity index (χ1) is 10.2. The average Bonchev–Trinajstić information content (AvgIpc) is 2.93. The smallest absolute Gasteiger partial charge is 0.303 e. The molecule has 0 spiro atoms. The molecule has 0 bridgehead atoms. The van der Waals surface area contributed by atoms with Crippen molar-refractivity contribution in [1.82, 2.24) is 20.2 Å². The summed E-state index contributed by atoms with van der Waals surface area (Å²) in [4.78, 5) is 10.5. The summed E-state index contributed by atoms with van der Waals surface area (Å²) in [5.41, 5.74) is 1.25. The maximum atomic E-state index is 10.5. The standard InChI is InChI=1S/C14H18N4O3/c1-2-11-5-7-12(8-6-11)21-10-13-15-16-17-18(13)9-3-4-14(19)20/h5-8H,2-4,9-10H2,1H3,(H,19,20). The molecule has 0 aliphatic carbocycles. The Labute approximate surface area is 122 Å². The van der Waals surface area contributed by atoms with Gasteiger partial charge in [0.15, 0.2) is 5.82 Å². The van der Waals surface area contributed by atoms with E-state index in [1.54, 1.807) is 4.68 Å². The summed E-state index contributed by atoms with van der Waals surface area (Å²) in [5.74, 6) is 0.518. The number of rotatable bonds is 8. The van der Waals surface area contributed by atoms with Gasteiger partial charge in [-0.05, 0) is 41.0 Å². The summed E-state index contributed by atoms with van der Waals surface area (Å²) >= 11 is 0. The molecule has 0 radical (unpaired) electrons. The van der Waals surface area contributed by atoms with E-state index in [9.17, 15) is 4.79 Å². The molecule has 0 saturated carbocycles. The fourth-order valence-electron chi connectivity index (χ4n) is 1.85. The van der Waals surface area contributed by atoms with Gasteiger partial charge >= 0.3 is 5.97 Å². The number of benzene rings is 1. The summed E-state index contributed by atoms with van der Waals surface area (Å²) in [7, 11) is 0. The molecule has 21 heavy (non-hydrogen) atoms. The second-order valence-electron chi connectivity index (χ2n) is 4.60. The minimum Gasteiger partial charge on any atom is -0.486 e. The fourth-order valence-corrected chi connectivity index (χ4v) is 1.85. The summed E-state index contributed by atoms with van der Waals surface area (Å²) in [6.45, 7) is 2.82. The first-order valence-corrected chi connectivity index (χ1v) is 6.87. The molecule has 1 N–H and O–H groups in total. The normalized spacial score (nSPS) is 10.5. The van der Waals surface area contributed by atoms with Gasteiger partial charge in [-0.3, -0.25) is 4.79 Å². The van der Waals surface area contributed by atoms with Crippen LogP contribution in [0.25, 0.3) is 0 Å². The number of aromatic nitrogens is 4. The molecule has 1 heterocycles. The van der Waals surface area contributed by atoms with Crippen molar-refractivity contribution >= 4 is 5.97 Å². The van der Waals surface area contributed by atoms with Gasteiger partial charge in [0.2, 0.25) is 0 Å². The van der Waals surface area contributed by atoms with Gasteiger partial charge in [0.25, 0.3) is 0 Å². The fraction of sp³-hybridized carbons (Fsp3) is 0.429. The van der Waals surface area contributed by atoms with Crippen molar-refractivity contribution in [2.24, 2.45) is 0 Å². The lowest BCUT2D eigenvalue weighted by Crippen LogP contribution is -2.10. The molecule has 1 aromatic carbocycles. The summed E-state index contributed by atoms with van der Waals surface area (Å²) < 4.78 is 7.21. The summed E-state index contributed by atoms with van der Waals surface area (Å²) in [6.07, 6.45) is 1.57. The van der Waals surface area contributed by atoms with Crippen LogP contribution in [0, 0.1) is 0 Å². The van der Waals surface area contributed by atoms with Crippen LogP contribution >= 0.6 is 0 Å². The molecule has 7 heteroatoms. The van der Waals surface area contributed by atoms with E-state index in [1.165, 1.54) is 5.56 Å². The van der Waals surface area contributed by atoms with Gasteiger partial charge in [0.05, 0.1) is 0 Å². The molecular weight excluding hydrogens is 272 g/mol. The molecule has 0 unspecified atom stereocenters. The van der Waals surface area contributed by atoms with Gasteiger partial charge in [-0.15, -0.1) is 5.10 Å². The second-order valence-corrected chi connectivity index (χ2v) is 4.60. The first kappa shape index (κ1) is 15.0. The van der Waals surface area contributed by atoms with Gasteiger partial charge in [-0.1, -0.05) is 19.1 Å². The Balaban J connectivity index is 1.87. The van der Waals surface area contributed by atoms with Crippen LogP contribution in [-0.4, -0.2) is 31.3 Å². The molecule has 0 amide bonds. The van der Waals surface area contributed by atoms with Crippen molar-refractivity contribution in [1.29, 1.82) is 0 Å². The number of carboxylic acid groups (broad SMARTS) is 1. The minimum atomic E-state index is -0.822. The maximum absolute atomic E-state index is 10.5. The molecule has 7 nitrogen and oxygen atoms in total. The molecule has 0 aliphatic rings. The van der Waals surface area contributed by atoms with E-state index in [1.807, 2.05) is 24.3 Å². The zero-order chi connectivity index (χ0) is 15.1. The van der Waals surface area contributed by atoms with Crippen LogP contribution in [0.4, 0.5) is 0 Å². The van der Waals surface area contributed by atoms with Crippen LogP contribution < -0.4 is 4.74 Å². The van der Waals surface area contributed by atoms with Crippen molar-refractivity contribution in [3.05, 3.63) is 35.7 Å². The van der Waals surface area contributed by atoms with Gasteiger partial charge in [-0.2, -0.15) is 0 Å². The van der Waals surface area contributed by atoms with Crippen molar-refractivity contribution in [2.75, 3.05) is 0 Å². The number of hydrogen-bond acceptors (Lipinski definition) is 5. The Kier molecular flexibility index (Phi) is 5.25. The largest absolute Gasteiger partial charge is 0.486 e. The van der Waals surface area contributed by atoms with E-state index < -0.39 is 5.97 Å². The maximum Gasteiger partial charge on any atom is 0.303 e. The van der Waals surface area contributed by atoms with Crippen LogP contribution in [0.15, 0.2) is 24.3 Å². The van der Waals surface area contributed by atoms with Gasteiger partial charge in [0, 0.05) is 13.0 Å². The SMILES string of the molecule is CCc1ccc(OCc2nnnn2CCCC(=O)O)cc1. The number of tetrazole rings is 1. The van der Waals surface area contributed by atoms with Gasteiger partial charge in [-0.25, -0.2) is 4.68 Å². The van der Waals surface area contributed by atoms with Crippen molar-refractivity contribution in [3.63, 3.8) is 0 Å². The van der Waals surface area contributed by atoms with Gasteiger partial charge < -0.3 is 9.84 Å². The zero-order valence-corrected chi connectivity index (χ0v) is 11.9. The lowest BCUT2D eigenvalue weighted by Gasteiger charge is -2.07. The highest BCUT2D eigenvalue weighted by atomic mass is 16.5. The Morgan fingerprint density at radius 2 is 2.10 bits per heavy atom. The van der Waals surface area contributed by atoms with E-state index >= 15 is 0 Å². The number of aliphatic carboxylic acids is 1. The minimum absolute atomic E-state index is 0.0959. The average molecular weight is 290 g/mol. The Morgan fingerprint density at radius 3 is 2.76 bits per heavy atom. The molecule has 2 aromatic rings. The highest BCUT2D eigenvalue weighted by Crippen LogP contribution is 2.13. The Morgan fingerprint density at radius 1 is 1.33 bits per heavy atom. The molecule has 2 rings (SSSR count). The van der Waals surface area contributed by atoms with Crippen molar-refractivity contribution < 1.29 is 14.6 Å². The molecule has 0 saturated heterocycles. The van der Waals surface area contributed by atoms with Crippen LogP contribution in [0.3, 0.4) is 0 Å². The predicted octanol–water partition coefficient (Wildman–Crippen LogP) is 1.68. The first-order valence-electron chi connectivity index (χ1n) is 6.87. The Bertz CT molecular complexity index is 580. The topological polar surface area (TPSA) is 90.1 Å². The van der Waals surface area contributed by atoms with Crippen LogP contribution in [0.2, 0.25) is 0 Å². The lowest BCUT2D eigenvalue weighted by molar-refractivity contribution is -0.137. The van der Waals surface area contributed by atoms with E-state index in [-0.39, 0.29) is 13.0 Å². The number of carboxylic acids is 1. The number of ether oxygens (including phenoxy) is 1. The lowest BCUT2D eigenvalue weighted by atomic mass is 10.2. The highest BCUT2D eigenvalue weighted by molar-refractivity contribution is 5.66. The van der Waals surface area contributed by atoms with Crippen LogP contribution in [0.5, 0.6) is 5.75 Å².